The van der Waals surface area contributed by atoms with Gasteiger partial charge in [-0.25, -0.2) is 4.57 Å². The molecule has 0 aliphatic rings. The second-order valence-corrected chi connectivity index (χ2v) is 27.2. The normalized spacial score (nSPS) is 14.2. The van der Waals surface area contributed by atoms with Gasteiger partial charge in [0.2, 0.25) is 5.91 Å². The summed E-state index contributed by atoms with van der Waals surface area (Å²) in [5.74, 6) is -0.516. The Hall–Kier alpha value is -3.59. The van der Waals surface area contributed by atoms with Crippen LogP contribution in [0.5, 0.6) is 0 Å². The van der Waals surface area contributed by atoms with Crippen LogP contribution < -0.4 is 5.32 Å². The van der Waals surface area contributed by atoms with Crippen molar-refractivity contribution in [2.24, 2.45) is 0 Å². The lowest BCUT2D eigenvalue weighted by Gasteiger charge is -2.27. The van der Waals surface area contributed by atoms with Gasteiger partial charge >= 0.3 is 13.8 Å². The van der Waals surface area contributed by atoms with E-state index in [0.29, 0.717) is 17.4 Å². The monoisotopic (exact) mass is 1260 g/mol. The van der Waals surface area contributed by atoms with Gasteiger partial charge in [-0.2, -0.15) is 0 Å². The van der Waals surface area contributed by atoms with E-state index in [4.69, 9.17) is 13.8 Å². The van der Waals surface area contributed by atoms with E-state index in [1.807, 2.05) is 33.3 Å². The van der Waals surface area contributed by atoms with E-state index in [2.05, 4.69) is 135 Å². The number of hydrogen-bond acceptors (Lipinski definition) is 6. The molecule has 0 fully saturated rings. The van der Waals surface area contributed by atoms with E-state index in [1.165, 1.54) is 161 Å². The van der Waals surface area contributed by atoms with Crippen LogP contribution in [0.25, 0.3) is 0 Å². The first-order valence-corrected chi connectivity index (χ1v) is 38.4. The first-order chi connectivity index (χ1) is 43.4. The zero-order valence-electron chi connectivity index (χ0n) is 58.6. The highest BCUT2D eigenvalue weighted by atomic mass is 31.2. The molecule has 0 radical (unpaired) electrons. The van der Waals surface area contributed by atoms with Crippen molar-refractivity contribution in [2.45, 2.75) is 328 Å². The third-order valence-electron chi connectivity index (χ3n) is 15.9. The number of carbonyl (C=O) groups is 2. The second kappa shape index (κ2) is 67.3. The maximum atomic E-state index is 13.6. The van der Waals surface area contributed by atoms with Crippen molar-refractivity contribution in [1.29, 1.82) is 0 Å². The Kier molecular flexibility index (Phi) is 64.6. The number of phosphoric acid groups is 1. The lowest BCUT2D eigenvalue weighted by Crippen LogP contribution is -2.47. The van der Waals surface area contributed by atoms with Gasteiger partial charge in [0.1, 0.15) is 19.3 Å². The Balaban J connectivity index is 5.01. The van der Waals surface area contributed by atoms with Crippen molar-refractivity contribution in [2.75, 3.05) is 40.9 Å². The van der Waals surface area contributed by atoms with Gasteiger partial charge in [0.25, 0.3) is 0 Å². The van der Waals surface area contributed by atoms with Gasteiger partial charge in [-0.3, -0.25) is 18.6 Å². The molecule has 0 aromatic heterocycles. The van der Waals surface area contributed by atoms with Crippen molar-refractivity contribution >= 4 is 19.7 Å². The van der Waals surface area contributed by atoms with E-state index in [9.17, 15) is 19.0 Å². The lowest BCUT2D eigenvalue weighted by atomic mass is 10.0. The first kappa shape index (κ1) is 85.4. The number of hydrogen-bond donors (Lipinski definition) is 2. The van der Waals surface area contributed by atoms with Crippen molar-refractivity contribution in [3.63, 3.8) is 0 Å². The number of unbranched alkanes of at least 4 members (excludes halogenated alkanes) is 32. The molecule has 10 heteroatoms. The van der Waals surface area contributed by atoms with Crippen LogP contribution in [0.2, 0.25) is 0 Å². The summed E-state index contributed by atoms with van der Waals surface area (Å²) in [5, 5.41) is 3.07. The third-order valence-corrected chi connectivity index (χ3v) is 16.9. The molecule has 0 spiro atoms. The molecule has 3 atom stereocenters. The largest absolute Gasteiger partial charge is 0.472 e. The van der Waals surface area contributed by atoms with E-state index in [0.717, 1.165) is 122 Å². The fraction of sp³-hybridized carbons (Fsp3) is 0.722. The molecule has 0 heterocycles. The van der Waals surface area contributed by atoms with Gasteiger partial charge < -0.3 is 19.4 Å². The average Bonchev–Trinajstić information content (AvgIpc) is 3.62. The van der Waals surface area contributed by atoms with Crippen LogP contribution in [0.15, 0.2) is 122 Å². The molecule has 89 heavy (non-hydrogen) atoms. The Morgan fingerprint density at radius 3 is 1.10 bits per heavy atom. The highest BCUT2D eigenvalue weighted by Crippen LogP contribution is 2.43. The summed E-state index contributed by atoms with van der Waals surface area (Å²) in [5.41, 5.74) is 0. The summed E-state index contributed by atoms with van der Waals surface area (Å²) in [6, 6.07) is -0.862. The number of allylic oxidation sites excluding steroid dienone is 19. The number of quaternary nitrogens is 1. The van der Waals surface area contributed by atoms with Crippen molar-refractivity contribution < 1.29 is 37.3 Å². The topological polar surface area (TPSA) is 111 Å². The van der Waals surface area contributed by atoms with E-state index in [-0.39, 0.29) is 31.5 Å². The number of phosphoric ester groups is 1. The number of rotatable bonds is 66. The highest BCUT2D eigenvalue weighted by molar-refractivity contribution is 7.47. The summed E-state index contributed by atoms with van der Waals surface area (Å²) >= 11 is 0. The molecule has 3 unspecified atom stereocenters. The molecule has 0 aromatic carbocycles. The number of likely N-dealkylation sites (N-methyl/N-ethyl adjacent to an activating group) is 1. The van der Waals surface area contributed by atoms with E-state index in [1.54, 1.807) is 0 Å². The minimum absolute atomic E-state index is 0.0332. The highest BCUT2D eigenvalue weighted by Gasteiger charge is 2.30. The van der Waals surface area contributed by atoms with E-state index < -0.39 is 20.0 Å². The summed E-state index contributed by atoms with van der Waals surface area (Å²) in [6.45, 7) is 6.87. The SMILES string of the molecule is CC/C=C\C/C=C\C/C=C\C/C=C\C/C=C\CCCCCCCCCCCC(=O)NC(COP(=O)(O)OCC[N+](C)(C)C)C(/C=C/CCCCCCCCCCC)OC(=O)CCCCCCCCCCCCC/C=C\C/C=C\C/C=C\C/C=C\CCCCC. The summed E-state index contributed by atoms with van der Waals surface area (Å²) < 4.78 is 30.8. The smallest absolute Gasteiger partial charge is 0.456 e. The van der Waals surface area contributed by atoms with Crippen molar-refractivity contribution in [3.8, 4) is 0 Å². The average molecular weight is 1260 g/mol. The van der Waals surface area contributed by atoms with Gasteiger partial charge in [-0.05, 0) is 122 Å². The van der Waals surface area contributed by atoms with Crippen LogP contribution in [0.4, 0.5) is 0 Å². The summed E-state index contributed by atoms with van der Waals surface area (Å²) in [6.07, 6.45) is 95.0. The number of amides is 1. The molecule has 0 aliphatic heterocycles. The number of nitrogens with zero attached hydrogens (tertiary/aromatic N) is 1. The third kappa shape index (κ3) is 68.6. The maximum absolute atomic E-state index is 13.6. The van der Waals surface area contributed by atoms with Gasteiger partial charge in [-0.1, -0.05) is 303 Å². The van der Waals surface area contributed by atoms with Crippen LogP contribution in [-0.2, 0) is 27.9 Å². The number of nitrogens with one attached hydrogen (secondary N) is 1. The predicted octanol–water partition coefficient (Wildman–Crippen LogP) is 23.8. The Labute approximate surface area is 550 Å². The molecule has 1 amide bonds. The number of ether oxygens (including phenoxy) is 1. The Morgan fingerprint density at radius 2 is 0.719 bits per heavy atom. The first-order valence-electron chi connectivity index (χ1n) is 36.9. The zero-order valence-corrected chi connectivity index (χ0v) is 59.5. The molecule has 0 aromatic rings. The van der Waals surface area contributed by atoms with Crippen LogP contribution in [-0.4, -0.2) is 74.3 Å². The van der Waals surface area contributed by atoms with Gasteiger partial charge in [0.05, 0.1) is 33.8 Å². The fourth-order valence-electron chi connectivity index (χ4n) is 10.2. The van der Waals surface area contributed by atoms with Crippen molar-refractivity contribution in [3.05, 3.63) is 122 Å². The molecule has 0 aliphatic carbocycles. The van der Waals surface area contributed by atoms with Crippen molar-refractivity contribution in [1.82, 2.24) is 5.32 Å². The number of carbonyl (C=O) groups excluding carboxylic acids is 2. The van der Waals surface area contributed by atoms with Gasteiger partial charge in [0, 0.05) is 12.8 Å². The van der Waals surface area contributed by atoms with Gasteiger partial charge in [0.15, 0.2) is 0 Å². The molecule has 0 bridgehead atoms. The molecule has 0 saturated carbocycles. The Morgan fingerprint density at radius 1 is 0.404 bits per heavy atom. The molecular weight excluding hydrogens is 1120 g/mol. The second-order valence-electron chi connectivity index (χ2n) is 25.7. The minimum atomic E-state index is -4.46. The van der Waals surface area contributed by atoms with E-state index >= 15 is 0 Å². The lowest BCUT2D eigenvalue weighted by molar-refractivity contribution is -0.870. The molecular formula is C79H140N2O7P+. The van der Waals surface area contributed by atoms with Crippen LogP contribution in [0.3, 0.4) is 0 Å². The predicted molar refractivity (Wildman–Crippen MR) is 387 cm³/mol. The Bertz CT molecular complexity index is 1940. The maximum Gasteiger partial charge on any atom is 0.472 e. The molecule has 0 rings (SSSR count). The molecule has 9 nitrogen and oxygen atoms in total. The van der Waals surface area contributed by atoms with Crippen LogP contribution in [0.1, 0.15) is 316 Å². The molecule has 512 valence electrons. The quantitative estimate of drug-likeness (QED) is 0.0205. The van der Waals surface area contributed by atoms with Crippen LogP contribution in [0, 0.1) is 0 Å². The number of esters is 1. The molecule has 0 saturated heterocycles. The molecule has 2 N–H and O–H groups in total. The van der Waals surface area contributed by atoms with Crippen LogP contribution >= 0.6 is 7.82 Å². The van der Waals surface area contributed by atoms with Gasteiger partial charge in [-0.15, -0.1) is 0 Å². The minimum Gasteiger partial charge on any atom is -0.456 e. The standard InChI is InChI=1S/C79H139N2O7P/c1-7-10-13-16-19-22-25-27-29-31-33-35-37-39-40-42-44-46-48-50-52-54-57-60-63-66-69-72-79(83)88-77(70-67-64-61-58-55-24-21-18-15-12-9-3)76(75-87-89(84,85)86-74-73-81(4,5)6)80-78(82)71-68-65-62-59-56-53-51-49-47-45-43-41-38-36-34-32-30-28-26-23-20-17-14-11-8-2/h11,14,19-20,22-23,27-30,33-36,39-41,43,67,70,76-77H,7-10,12-13,15-18,21,24-26,31-32,37-38,42,44-66,68-69,71-75H2,1-6H3,(H-,80,82,84,85)/p+1/b14-11-,22-19-,23-20-,29-27-,30-28-,35-33-,36-34-,40-39-,43-41-,70-67+. The summed E-state index contributed by atoms with van der Waals surface area (Å²) in [7, 11) is 1.48. The fourth-order valence-corrected chi connectivity index (χ4v) is 11.0. The zero-order chi connectivity index (χ0) is 64.9. The summed E-state index contributed by atoms with van der Waals surface area (Å²) in [4.78, 5) is 37.9.